The minimum absolute atomic E-state index is 0.206. The van der Waals surface area contributed by atoms with Crippen molar-refractivity contribution in [2.24, 2.45) is 0 Å². The Morgan fingerprint density at radius 3 is 2.39 bits per heavy atom. The van der Waals surface area contributed by atoms with E-state index in [0.29, 0.717) is 0 Å². The van der Waals surface area contributed by atoms with Gasteiger partial charge in [0.05, 0.1) is 19.6 Å². The molecule has 38 heavy (non-hydrogen) atoms. The Morgan fingerprint density at radius 2 is 1.76 bits per heavy atom. The van der Waals surface area contributed by atoms with Crippen molar-refractivity contribution in [1.29, 1.82) is 0 Å². The predicted octanol–water partition coefficient (Wildman–Crippen LogP) is 6.34. The van der Waals surface area contributed by atoms with Crippen LogP contribution in [0.1, 0.15) is 90.7 Å². The Labute approximate surface area is 233 Å². The van der Waals surface area contributed by atoms with E-state index in [1.54, 1.807) is 6.92 Å². The van der Waals surface area contributed by atoms with Crippen LogP contribution in [-0.2, 0) is 4.79 Å². The highest BCUT2D eigenvalue weighted by atomic mass is 16.1. The zero-order valence-electron chi connectivity index (χ0n) is 25.5. The van der Waals surface area contributed by atoms with Gasteiger partial charge in [-0.1, -0.05) is 44.9 Å². The minimum Gasteiger partial charge on any atom is -0.379 e. The maximum atomic E-state index is 12.3. The van der Waals surface area contributed by atoms with Gasteiger partial charge in [-0.15, -0.1) is 0 Å². The standard InChI is InChI=1S/C26H38N3O.C7H17N/c1-6-19(2)26(22(5)30)23-10-8-11-24(23)27-13-14-28-15-17-29(18-16-28)25-12-7-9-20(3)21(25)4;1-3-5-7-8-6-4-2/h7,9,12,14,27H,6,8,10-11,13,15-18H2,1-5H3;8H,3-7H2,1-2H3/q+1;. The summed E-state index contributed by atoms with van der Waals surface area (Å²) in [5.41, 5.74) is 8.86. The summed E-state index contributed by atoms with van der Waals surface area (Å²) in [5.74, 6) is 0.206. The number of nitrogens with one attached hydrogen (secondary N) is 2. The summed E-state index contributed by atoms with van der Waals surface area (Å²) in [4.78, 5) is 14.8. The third-order valence-corrected chi connectivity index (χ3v) is 7.86. The number of hydrogen-bond donors (Lipinski definition) is 2. The van der Waals surface area contributed by atoms with Crippen LogP contribution in [0.25, 0.3) is 0 Å². The Hall–Kier alpha value is -2.40. The largest absolute Gasteiger partial charge is 0.379 e. The number of aryl methyl sites for hydroxylation is 1. The Morgan fingerprint density at radius 1 is 1.03 bits per heavy atom. The Bertz CT molecular complexity index is 973. The second-order valence-corrected chi connectivity index (χ2v) is 10.8. The van der Waals surface area contributed by atoms with Gasteiger partial charge in [0.25, 0.3) is 0 Å². The highest BCUT2D eigenvalue weighted by Gasteiger charge is 2.23. The Kier molecular flexibility index (Phi) is 14.4. The molecule has 0 atom stereocenters. The molecule has 1 fully saturated rings. The van der Waals surface area contributed by atoms with Crippen LogP contribution in [0.4, 0.5) is 5.69 Å². The highest BCUT2D eigenvalue weighted by molar-refractivity contribution is 5.98. The van der Waals surface area contributed by atoms with Crippen molar-refractivity contribution < 1.29 is 9.37 Å². The summed E-state index contributed by atoms with van der Waals surface area (Å²) in [6, 6.07) is 6.60. The van der Waals surface area contributed by atoms with Gasteiger partial charge in [0, 0.05) is 17.0 Å². The van der Waals surface area contributed by atoms with Crippen molar-refractivity contribution in [3.8, 4) is 0 Å². The molecule has 212 valence electrons. The molecule has 1 heterocycles. The third kappa shape index (κ3) is 9.72. The normalized spacial score (nSPS) is 16.2. The number of Topliss-reactive ketones (excluding diaryl/α,β-unsaturated/α-hetero) is 1. The molecule has 1 aromatic carbocycles. The van der Waals surface area contributed by atoms with Gasteiger partial charge < -0.3 is 15.5 Å². The van der Waals surface area contributed by atoms with Crippen molar-refractivity contribution in [3.05, 3.63) is 51.7 Å². The van der Waals surface area contributed by atoms with E-state index in [-0.39, 0.29) is 5.78 Å². The number of carbonyl (C=O) groups excluding carboxylic acids is 1. The summed E-state index contributed by atoms with van der Waals surface area (Å²) in [6.07, 6.45) is 10.3. The molecule has 5 heteroatoms. The Balaban J connectivity index is 0.000000550. The number of anilines is 1. The van der Waals surface area contributed by atoms with Crippen LogP contribution in [0.3, 0.4) is 0 Å². The first-order chi connectivity index (χ1) is 18.3. The first-order valence-corrected chi connectivity index (χ1v) is 15.1. The van der Waals surface area contributed by atoms with Gasteiger partial charge in [-0.25, -0.2) is 4.58 Å². The molecule has 0 spiro atoms. The second-order valence-electron chi connectivity index (χ2n) is 10.8. The third-order valence-electron chi connectivity index (χ3n) is 7.86. The lowest BCUT2D eigenvalue weighted by Crippen LogP contribution is -2.43. The van der Waals surface area contributed by atoms with Gasteiger partial charge >= 0.3 is 0 Å². The van der Waals surface area contributed by atoms with Crippen LogP contribution in [0.5, 0.6) is 0 Å². The maximum absolute atomic E-state index is 12.3. The molecule has 3 rings (SSSR count). The molecular formula is C33H55N4O+. The topological polar surface area (TPSA) is 47.4 Å². The van der Waals surface area contributed by atoms with Crippen LogP contribution in [-0.4, -0.2) is 62.4 Å². The van der Waals surface area contributed by atoms with Gasteiger partial charge in [0.1, 0.15) is 0 Å². The number of carbonyl (C=O) groups is 1. The van der Waals surface area contributed by atoms with Crippen LogP contribution >= 0.6 is 0 Å². The summed E-state index contributed by atoms with van der Waals surface area (Å²) in [5, 5.41) is 6.97. The molecule has 0 radical (unpaired) electrons. The van der Waals surface area contributed by atoms with Crippen molar-refractivity contribution in [1.82, 2.24) is 10.6 Å². The predicted molar refractivity (Wildman–Crippen MR) is 165 cm³/mol. The number of nitrogens with zero attached hydrogens (tertiary/aromatic N) is 2. The number of hydrogen-bond acceptors (Lipinski definition) is 4. The fraction of sp³-hybridized carbons (Fsp3) is 0.636. The lowest BCUT2D eigenvalue weighted by atomic mass is 9.95. The van der Waals surface area contributed by atoms with E-state index in [1.807, 2.05) is 0 Å². The average Bonchev–Trinajstić information content (AvgIpc) is 3.36. The SMILES string of the molecule is CCC(C)=C(C(C)=O)C1=C(NCC=[N+]2CCN(c3cccc(C)c3C)CC2)CCC1.CCCCNCCC. The minimum atomic E-state index is 0.206. The molecule has 0 unspecified atom stereocenters. The number of benzene rings is 1. The summed E-state index contributed by atoms with van der Waals surface area (Å²) in [6.45, 7) is 22.2. The van der Waals surface area contributed by atoms with Gasteiger partial charge in [-0.2, -0.15) is 0 Å². The molecule has 1 aliphatic carbocycles. The van der Waals surface area contributed by atoms with E-state index in [9.17, 15) is 4.79 Å². The van der Waals surface area contributed by atoms with E-state index in [1.165, 1.54) is 66.0 Å². The van der Waals surface area contributed by atoms with Gasteiger partial charge in [-0.05, 0) is 102 Å². The highest BCUT2D eigenvalue weighted by Crippen LogP contribution is 2.32. The molecule has 0 amide bonds. The summed E-state index contributed by atoms with van der Waals surface area (Å²) in [7, 11) is 0. The number of unbranched alkanes of at least 4 members (excludes halogenated alkanes) is 1. The quantitative estimate of drug-likeness (QED) is 0.191. The molecule has 0 aromatic heterocycles. The monoisotopic (exact) mass is 523 g/mol. The van der Waals surface area contributed by atoms with Crippen LogP contribution in [0, 0.1) is 13.8 Å². The zero-order chi connectivity index (χ0) is 27.9. The van der Waals surface area contributed by atoms with Crippen LogP contribution < -0.4 is 15.5 Å². The van der Waals surface area contributed by atoms with Crippen LogP contribution in [0.15, 0.2) is 40.6 Å². The molecular weight excluding hydrogens is 468 g/mol. The molecule has 0 bridgehead atoms. The first kappa shape index (κ1) is 31.8. The molecule has 2 N–H and O–H groups in total. The fourth-order valence-electron chi connectivity index (χ4n) is 5.29. The van der Waals surface area contributed by atoms with Crippen molar-refractivity contribution in [2.45, 2.75) is 93.4 Å². The van der Waals surface area contributed by atoms with Gasteiger partial charge in [0.15, 0.2) is 25.1 Å². The lowest BCUT2D eigenvalue weighted by molar-refractivity contribution is -0.525. The first-order valence-electron chi connectivity index (χ1n) is 15.1. The van der Waals surface area contributed by atoms with Crippen molar-refractivity contribution in [2.75, 3.05) is 50.7 Å². The van der Waals surface area contributed by atoms with E-state index in [4.69, 9.17) is 0 Å². The molecule has 1 aromatic rings. The van der Waals surface area contributed by atoms with Gasteiger partial charge in [0.2, 0.25) is 0 Å². The van der Waals surface area contributed by atoms with E-state index < -0.39 is 0 Å². The zero-order valence-corrected chi connectivity index (χ0v) is 25.5. The molecule has 1 aliphatic heterocycles. The van der Waals surface area contributed by atoms with E-state index >= 15 is 0 Å². The molecule has 1 saturated heterocycles. The van der Waals surface area contributed by atoms with Crippen LogP contribution in [0.2, 0.25) is 0 Å². The second kappa shape index (κ2) is 17.2. The summed E-state index contributed by atoms with van der Waals surface area (Å²) < 4.78 is 2.43. The van der Waals surface area contributed by atoms with Crippen molar-refractivity contribution >= 4 is 17.7 Å². The summed E-state index contributed by atoms with van der Waals surface area (Å²) >= 11 is 0. The fourth-order valence-corrected chi connectivity index (χ4v) is 5.29. The smallest absolute Gasteiger partial charge is 0.160 e. The van der Waals surface area contributed by atoms with Crippen molar-refractivity contribution in [3.63, 3.8) is 0 Å². The molecule has 2 aliphatic rings. The number of allylic oxidation sites excluding steroid dienone is 4. The van der Waals surface area contributed by atoms with E-state index in [2.05, 4.69) is 86.1 Å². The average molecular weight is 524 g/mol. The number of ketones is 1. The van der Waals surface area contributed by atoms with E-state index in [0.717, 1.165) is 64.0 Å². The maximum Gasteiger partial charge on any atom is 0.160 e. The van der Waals surface area contributed by atoms with Gasteiger partial charge in [-0.3, -0.25) is 4.79 Å². The number of rotatable bonds is 12. The molecule has 5 nitrogen and oxygen atoms in total. The molecule has 0 saturated carbocycles. The lowest BCUT2D eigenvalue weighted by Gasteiger charge is -2.29. The number of piperazine rings is 1.